The van der Waals surface area contributed by atoms with E-state index in [9.17, 15) is 0 Å². The number of hydrogen-bond donors (Lipinski definition) is 1. The van der Waals surface area contributed by atoms with E-state index in [2.05, 4.69) is 6.07 Å². The Balaban J connectivity index is 2.28. The van der Waals surface area contributed by atoms with E-state index < -0.39 is 0 Å². The lowest BCUT2D eigenvalue weighted by Gasteiger charge is -2.13. The predicted molar refractivity (Wildman–Crippen MR) is 79.7 cm³/mol. The highest BCUT2D eigenvalue weighted by Crippen LogP contribution is 2.30. The van der Waals surface area contributed by atoms with E-state index in [1.165, 1.54) is 0 Å². The van der Waals surface area contributed by atoms with Crippen LogP contribution in [0, 0.1) is 25.2 Å². The first-order valence-corrected chi connectivity index (χ1v) is 6.56. The fraction of sp³-hybridized carbons (Fsp3) is 0.235. The molecule has 0 saturated heterocycles. The van der Waals surface area contributed by atoms with E-state index >= 15 is 0 Å². The van der Waals surface area contributed by atoms with Crippen molar-refractivity contribution in [3.05, 3.63) is 58.7 Å². The van der Waals surface area contributed by atoms with Gasteiger partial charge in [-0.1, -0.05) is 12.1 Å². The van der Waals surface area contributed by atoms with E-state index in [1.807, 2.05) is 57.2 Å². The molecule has 2 N–H and O–H groups in total. The van der Waals surface area contributed by atoms with Crippen molar-refractivity contribution in [3.8, 4) is 17.6 Å². The molecular formula is C17H18N2O. The molecule has 0 radical (unpaired) electrons. The highest BCUT2D eigenvalue weighted by atomic mass is 16.5. The first-order chi connectivity index (χ1) is 9.51. The Morgan fingerprint density at radius 1 is 1.10 bits per heavy atom. The van der Waals surface area contributed by atoms with Gasteiger partial charge in [0.2, 0.25) is 0 Å². The maximum Gasteiger partial charge on any atom is 0.133 e. The Morgan fingerprint density at radius 3 is 2.10 bits per heavy atom. The summed E-state index contributed by atoms with van der Waals surface area (Å²) in [6.45, 7) is 5.84. The summed E-state index contributed by atoms with van der Waals surface area (Å²) in [4.78, 5) is 0. The molecule has 0 spiro atoms. The van der Waals surface area contributed by atoms with Crippen LogP contribution >= 0.6 is 0 Å². The van der Waals surface area contributed by atoms with Gasteiger partial charge in [-0.3, -0.25) is 0 Å². The van der Waals surface area contributed by atoms with Gasteiger partial charge in [0, 0.05) is 6.04 Å². The molecule has 0 amide bonds. The molecule has 2 aromatic carbocycles. The average Bonchev–Trinajstić information content (AvgIpc) is 2.43. The minimum absolute atomic E-state index is 0.0161. The number of nitrogens with two attached hydrogens (primary N) is 1. The third-order valence-corrected chi connectivity index (χ3v) is 3.22. The maximum absolute atomic E-state index is 8.95. The van der Waals surface area contributed by atoms with Gasteiger partial charge in [-0.05, 0) is 61.7 Å². The summed E-state index contributed by atoms with van der Waals surface area (Å²) < 4.78 is 5.92. The first kappa shape index (κ1) is 14.1. The molecule has 0 heterocycles. The molecule has 20 heavy (non-hydrogen) atoms. The number of nitriles is 1. The van der Waals surface area contributed by atoms with Crippen molar-refractivity contribution < 1.29 is 4.74 Å². The summed E-state index contributed by atoms with van der Waals surface area (Å²) in [5.74, 6) is 1.57. The fourth-order valence-electron chi connectivity index (χ4n) is 2.13. The van der Waals surface area contributed by atoms with Crippen molar-refractivity contribution in [2.24, 2.45) is 5.73 Å². The van der Waals surface area contributed by atoms with Crippen molar-refractivity contribution in [1.82, 2.24) is 0 Å². The van der Waals surface area contributed by atoms with Gasteiger partial charge in [0.05, 0.1) is 11.6 Å². The zero-order valence-electron chi connectivity index (χ0n) is 12.0. The van der Waals surface area contributed by atoms with Gasteiger partial charge in [0.25, 0.3) is 0 Å². The highest BCUT2D eigenvalue weighted by molar-refractivity contribution is 5.49. The van der Waals surface area contributed by atoms with Crippen molar-refractivity contribution in [1.29, 1.82) is 5.26 Å². The van der Waals surface area contributed by atoms with E-state index in [-0.39, 0.29) is 6.04 Å². The zero-order chi connectivity index (χ0) is 14.7. The van der Waals surface area contributed by atoms with Crippen LogP contribution in [0.1, 0.15) is 35.2 Å². The standard InChI is InChI=1S/C17H18N2O/c1-11-8-14(10-18)9-12(2)17(11)20-16-6-4-15(5-7-16)13(3)19/h4-9,13H,19H2,1-3H3/t13-/m1/s1. The molecule has 0 fully saturated rings. The number of ether oxygens (including phenoxy) is 1. The van der Waals surface area contributed by atoms with Crippen LogP contribution in [0.15, 0.2) is 36.4 Å². The fourth-order valence-corrected chi connectivity index (χ4v) is 2.13. The lowest BCUT2D eigenvalue weighted by atomic mass is 10.1. The molecule has 0 saturated carbocycles. The Bertz CT molecular complexity index is 629. The van der Waals surface area contributed by atoms with Gasteiger partial charge in [-0.2, -0.15) is 5.26 Å². The highest BCUT2D eigenvalue weighted by Gasteiger charge is 2.08. The molecule has 3 heteroatoms. The minimum atomic E-state index is 0.0161. The molecule has 102 valence electrons. The van der Waals surface area contributed by atoms with Gasteiger partial charge < -0.3 is 10.5 Å². The van der Waals surface area contributed by atoms with Crippen LogP contribution in [0.2, 0.25) is 0 Å². The summed E-state index contributed by atoms with van der Waals surface area (Å²) in [7, 11) is 0. The van der Waals surface area contributed by atoms with Crippen LogP contribution in [0.25, 0.3) is 0 Å². The third-order valence-electron chi connectivity index (χ3n) is 3.22. The second kappa shape index (κ2) is 5.77. The molecule has 2 aromatic rings. The maximum atomic E-state index is 8.95. The Labute approximate surface area is 119 Å². The average molecular weight is 266 g/mol. The van der Waals surface area contributed by atoms with Crippen LogP contribution in [0.3, 0.4) is 0 Å². The van der Waals surface area contributed by atoms with Gasteiger partial charge in [-0.25, -0.2) is 0 Å². The third kappa shape index (κ3) is 2.98. The summed E-state index contributed by atoms with van der Waals surface area (Å²) in [5, 5.41) is 8.95. The van der Waals surface area contributed by atoms with E-state index in [1.54, 1.807) is 0 Å². The Hall–Kier alpha value is -2.31. The predicted octanol–water partition coefficient (Wildman–Crippen LogP) is 3.99. The van der Waals surface area contributed by atoms with E-state index in [4.69, 9.17) is 15.7 Å². The van der Waals surface area contributed by atoms with Crippen molar-refractivity contribution in [2.45, 2.75) is 26.8 Å². The molecular weight excluding hydrogens is 248 g/mol. The van der Waals surface area contributed by atoms with Crippen LogP contribution in [-0.2, 0) is 0 Å². The topological polar surface area (TPSA) is 59.0 Å². The lowest BCUT2D eigenvalue weighted by molar-refractivity contribution is 0.474. The largest absolute Gasteiger partial charge is 0.457 e. The normalized spacial score (nSPS) is 11.8. The molecule has 2 rings (SSSR count). The molecule has 3 nitrogen and oxygen atoms in total. The minimum Gasteiger partial charge on any atom is -0.457 e. The van der Waals surface area contributed by atoms with E-state index in [0.717, 1.165) is 28.2 Å². The summed E-state index contributed by atoms with van der Waals surface area (Å²) in [6, 6.07) is 13.6. The van der Waals surface area contributed by atoms with Gasteiger partial charge in [0.1, 0.15) is 11.5 Å². The molecule has 1 atom stereocenters. The Morgan fingerprint density at radius 2 is 1.65 bits per heavy atom. The van der Waals surface area contributed by atoms with Gasteiger partial charge >= 0.3 is 0 Å². The van der Waals surface area contributed by atoms with Gasteiger partial charge in [0.15, 0.2) is 0 Å². The number of benzene rings is 2. The molecule has 0 aliphatic heterocycles. The van der Waals surface area contributed by atoms with Crippen molar-refractivity contribution in [3.63, 3.8) is 0 Å². The van der Waals surface area contributed by atoms with Crippen molar-refractivity contribution in [2.75, 3.05) is 0 Å². The van der Waals surface area contributed by atoms with Crippen LogP contribution in [0.4, 0.5) is 0 Å². The summed E-state index contributed by atoms with van der Waals surface area (Å²) in [5.41, 5.74) is 9.46. The monoisotopic (exact) mass is 266 g/mol. The van der Waals surface area contributed by atoms with Crippen LogP contribution < -0.4 is 10.5 Å². The quantitative estimate of drug-likeness (QED) is 0.913. The SMILES string of the molecule is Cc1cc(C#N)cc(C)c1Oc1ccc([C@@H](C)N)cc1. The second-order valence-corrected chi connectivity index (χ2v) is 5.01. The second-order valence-electron chi connectivity index (χ2n) is 5.01. The van der Waals surface area contributed by atoms with Gasteiger partial charge in [-0.15, -0.1) is 0 Å². The molecule has 0 unspecified atom stereocenters. The summed E-state index contributed by atoms with van der Waals surface area (Å²) >= 11 is 0. The zero-order valence-corrected chi connectivity index (χ0v) is 12.0. The lowest BCUT2D eigenvalue weighted by Crippen LogP contribution is -2.04. The van der Waals surface area contributed by atoms with Crippen molar-refractivity contribution >= 4 is 0 Å². The number of hydrogen-bond acceptors (Lipinski definition) is 3. The number of aryl methyl sites for hydroxylation is 2. The van der Waals surface area contributed by atoms with Crippen LogP contribution in [0.5, 0.6) is 11.5 Å². The number of rotatable bonds is 3. The first-order valence-electron chi connectivity index (χ1n) is 6.56. The summed E-state index contributed by atoms with van der Waals surface area (Å²) in [6.07, 6.45) is 0. The smallest absolute Gasteiger partial charge is 0.133 e. The molecule has 0 aliphatic rings. The van der Waals surface area contributed by atoms with Crippen LogP contribution in [-0.4, -0.2) is 0 Å². The molecule has 0 bridgehead atoms. The molecule has 0 aromatic heterocycles. The Kier molecular flexibility index (Phi) is 4.07. The molecule has 0 aliphatic carbocycles. The number of nitrogens with zero attached hydrogens (tertiary/aromatic N) is 1. The van der Waals surface area contributed by atoms with E-state index in [0.29, 0.717) is 5.56 Å².